The summed E-state index contributed by atoms with van der Waals surface area (Å²) in [7, 11) is 0. The summed E-state index contributed by atoms with van der Waals surface area (Å²) in [6.07, 6.45) is 10.3. The van der Waals surface area contributed by atoms with Crippen LogP contribution in [0.25, 0.3) is 5.69 Å². The minimum Gasteiger partial charge on any atom is -0.294 e. The first-order valence-corrected chi connectivity index (χ1v) is 8.61. The van der Waals surface area contributed by atoms with Crippen molar-refractivity contribution in [1.82, 2.24) is 19.9 Å². The number of nitrogens with zero attached hydrogens (tertiary/aromatic N) is 4. The van der Waals surface area contributed by atoms with Gasteiger partial charge in [-0.25, -0.2) is 0 Å². The predicted octanol–water partition coefficient (Wildman–Crippen LogP) is 3.42. The SMILES string of the molecule is c1ccc(-n2ncc(CN3CCC[C@@H]4CCCC[C@H]43)n2)cc1. The maximum Gasteiger partial charge on any atom is 0.0971 e. The lowest BCUT2D eigenvalue weighted by Crippen LogP contribution is -2.46. The van der Waals surface area contributed by atoms with Crippen molar-refractivity contribution in [1.29, 1.82) is 0 Å². The van der Waals surface area contributed by atoms with Crippen LogP contribution in [0.1, 0.15) is 44.2 Å². The third-order valence-electron chi connectivity index (χ3n) is 5.25. The summed E-state index contributed by atoms with van der Waals surface area (Å²) < 4.78 is 0. The zero-order valence-corrected chi connectivity index (χ0v) is 13.1. The zero-order chi connectivity index (χ0) is 14.8. The number of para-hydroxylation sites is 1. The molecule has 0 unspecified atom stereocenters. The van der Waals surface area contributed by atoms with Gasteiger partial charge in [-0.15, -0.1) is 0 Å². The van der Waals surface area contributed by atoms with Gasteiger partial charge in [0.05, 0.1) is 17.6 Å². The van der Waals surface area contributed by atoms with Gasteiger partial charge in [0.1, 0.15) is 0 Å². The molecule has 22 heavy (non-hydrogen) atoms. The van der Waals surface area contributed by atoms with Gasteiger partial charge in [0.25, 0.3) is 0 Å². The molecule has 1 aromatic heterocycles. The first-order valence-electron chi connectivity index (χ1n) is 8.61. The number of hydrogen-bond donors (Lipinski definition) is 0. The van der Waals surface area contributed by atoms with Crippen LogP contribution in [-0.2, 0) is 6.54 Å². The molecule has 116 valence electrons. The maximum absolute atomic E-state index is 4.68. The second-order valence-corrected chi connectivity index (χ2v) is 6.69. The molecule has 0 radical (unpaired) electrons. The number of hydrogen-bond acceptors (Lipinski definition) is 3. The molecule has 2 heterocycles. The van der Waals surface area contributed by atoms with E-state index in [1.54, 1.807) is 4.80 Å². The summed E-state index contributed by atoms with van der Waals surface area (Å²) in [6, 6.07) is 10.9. The number of fused-ring (bicyclic) bond motifs is 1. The van der Waals surface area contributed by atoms with E-state index >= 15 is 0 Å². The van der Waals surface area contributed by atoms with E-state index in [1.807, 2.05) is 36.5 Å². The molecule has 1 saturated carbocycles. The van der Waals surface area contributed by atoms with Crippen LogP contribution in [0.2, 0.25) is 0 Å². The van der Waals surface area contributed by atoms with Crippen molar-refractivity contribution >= 4 is 0 Å². The molecule has 2 aliphatic rings. The smallest absolute Gasteiger partial charge is 0.0971 e. The largest absolute Gasteiger partial charge is 0.294 e. The van der Waals surface area contributed by atoms with Gasteiger partial charge in [0.15, 0.2) is 0 Å². The highest BCUT2D eigenvalue weighted by atomic mass is 15.5. The number of piperidine rings is 1. The molecular formula is C18H24N4. The van der Waals surface area contributed by atoms with E-state index in [1.165, 1.54) is 45.1 Å². The molecule has 1 aliphatic carbocycles. The average Bonchev–Trinajstić information content (AvgIpc) is 3.05. The van der Waals surface area contributed by atoms with E-state index in [0.29, 0.717) is 0 Å². The molecule has 2 atom stereocenters. The van der Waals surface area contributed by atoms with Gasteiger partial charge in [0.2, 0.25) is 0 Å². The summed E-state index contributed by atoms with van der Waals surface area (Å²) in [6.45, 7) is 2.17. The molecule has 0 N–H and O–H groups in total. The summed E-state index contributed by atoms with van der Waals surface area (Å²) in [5, 5.41) is 9.11. The highest BCUT2D eigenvalue weighted by Crippen LogP contribution is 2.35. The van der Waals surface area contributed by atoms with Crippen molar-refractivity contribution in [3.63, 3.8) is 0 Å². The molecule has 4 heteroatoms. The molecule has 0 amide bonds. The Kier molecular flexibility index (Phi) is 3.94. The maximum atomic E-state index is 4.68. The van der Waals surface area contributed by atoms with Gasteiger partial charge in [-0.05, 0) is 50.3 Å². The molecule has 0 spiro atoms. The van der Waals surface area contributed by atoms with E-state index in [4.69, 9.17) is 0 Å². The number of aromatic nitrogens is 3. The Labute approximate surface area is 132 Å². The zero-order valence-electron chi connectivity index (χ0n) is 13.1. The average molecular weight is 296 g/mol. The Balaban J connectivity index is 1.48. The molecular weight excluding hydrogens is 272 g/mol. The minimum absolute atomic E-state index is 0.782. The molecule has 1 aliphatic heterocycles. The standard InChI is InChI=1S/C18H24N4/c1-2-9-17(10-3-1)22-19-13-16(20-22)14-21-12-6-8-15-7-4-5-11-18(15)21/h1-3,9-10,13,15,18H,4-8,11-12,14H2/t15-,18+/m0/s1. The van der Waals surface area contributed by atoms with Crippen molar-refractivity contribution in [2.75, 3.05) is 6.54 Å². The molecule has 2 fully saturated rings. The second kappa shape index (κ2) is 6.21. The Hall–Kier alpha value is -1.68. The lowest BCUT2D eigenvalue weighted by molar-refractivity contribution is 0.0536. The van der Waals surface area contributed by atoms with E-state index in [2.05, 4.69) is 15.1 Å². The Morgan fingerprint density at radius 2 is 1.82 bits per heavy atom. The Morgan fingerprint density at radius 3 is 2.73 bits per heavy atom. The molecule has 1 saturated heterocycles. The normalized spacial score (nSPS) is 25.8. The number of likely N-dealkylation sites (tertiary alicyclic amines) is 1. The van der Waals surface area contributed by atoms with Gasteiger partial charge in [-0.3, -0.25) is 4.90 Å². The van der Waals surface area contributed by atoms with Crippen molar-refractivity contribution in [3.05, 3.63) is 42.2 Å². The van der Waals surface area contributed by atoms with Crippen LogP contribution in [0.3, 0.4) is 0 Å². The fourth-order valence-electron chi connectivity index (χ4n) is 4.19. The first kappa shape index (κ1) is 13.9. The number of benzene rings is 1. The van der Waals surface area contributed by atoms with Crippen molar-refractivity contribution in [2.24, 2.45) is 5.92 Å². The van der Waals surface area contributed by atoms with Gasteiger partial charge < -0.3 is 0 Å². The lowest BCUT2D eigenvalue weighted by Gasteiger charge is -2.43. The second-order valence-electron chi connectivity index (χ2n) is 6.69. The van der Waals surface area contributed by atoms with Gasteiger partial charge in [0, 0.05) is 12.6 Å². The minimum atomic E-state index is 0.782. The first-order chi connectivity index (χ1) is 10.9. The van der Waals surface area contributed by atoms with E-state index in [9.17, 15) is 0 Å². The van der Waals surface area contributed by atoms with Crippen LogP contribution in [0.15, 0.2) is 36.5 Å². The van der Waals surface area contributed by atoms with E-state index in [0.717, 1.165) is 29.9 Å². The summed E-state index contributed by atoms with van der Waals surface area (Å²) in [5.74, 6) is 0.923. The van der Waals surface area contributed by atoms with Crippen LogP contribution in [-0.4, -0.2) is 32.5 Å². The predicted molar refractivity (Wildman–Crippen MR) is 86.7 cm³/mol. The highest BCUT2D eigenvalue weighted by Gasteiger charge is 2.33. The summed E-state index contributed by atoms with van der Waals surface area (Å²) in [4.78, 5) is 4.41. The summed E-state index contributed by atoms with van der Waals surface area (Å²) >= 11 is 0. The van der Waals surface area contributed by atoms with Crippen LogP contribution in [0.5, 0.6) is 0 Å². The fourth-order valence-corrected chi connectivity index (χ4v) is 4.19. The molecule has 2 aromatic rings. The van der Waals surface area contributed by atoms with Crippen molar-refractivity contribution in [3.8, 4) is 5.69 Å². The molecule has 4 rings (SSSR count). The Morgan fingerprint density at radius 1 is 1.00 bits per heavy atom. The lowest BCUT2D eigenvalue weighted by atomic mass is 9.78. The van der Waals surface area contributed by atoms with Crippen LogP contribution in [0, 0.1) is 5.92 Å². The van der Waals surface area contributed by atoms with Crippen LogP contribution >= 0.6 is 0 Å². The van der Waals surface area contributed by atoms with Crippen molar-refractivity contribution in [2.45, 2.75) is 51.1 Å². The van der Waals surface area contributed by atoms with Gasteiger partial charge in [-0.2, -0.15) is 15.0 Å². The fraction of sp³-hybridized carbons (Fsp3) is 0.556. The molecule has 4 nitrogen and oxygen atoms in total. The molecule has 0 bridgehead atoms. The quantitative estimate of drug-likeness (QED) is 0.870. The Bertz CT molecular complexity index is 605. The monoisotopic (exact) mass is 296 g/mol. The highest BCUT2D eigenvalue weighted by molar-refractivity contribution is 5.28. The number of rotatable bonds is 3. The van der Waals surface area contributed by atoms with E-state index in [-0.39, 0.29) is 0 Å². The third-order valence-corrected chi connectivity index (χ3v) is 5.25. The summed E-state index contributed by atoms with van der Waals surface area (Å²) in [5.41, 5.74) is 2.12. The topological polar surface area (TPSA) is 34.0 Å². The third kappa shape index (κ3) is 2.80. The van der Waals surface area contributed by atoms with Crippen LogP contribution in [0.4, 0.5) is 0 Å². The van der Waals surface area contributed by atoms with E-state index < -0.39 is 0 Å². The van der Waals surface area contributed by atoms with Crippen molar-refractivity contribution < 1.29 is 0 Å². The molecule has 1 aromatic carbocycles. The van der Waals surface area contributed by atoms with Gasteiger partial charge in [-0.1, -0.05) is 31.0 Å². The van der Waals surface area contributed by atoms with Crippen LogP contribution < -0.4 is 0 Å². The van der Waals surface area contributed by atoms with Gasteiger partial charge >= 0.3 is 0 Å².